The molecule has 1 aliphatic heterocycles. The number of nitriles is 1. The molecule has 1 saturated heterocycles. The molecule has 1 heterocycles. The number of hydrogen-bond donors (Lipinski definition) is 0. The van der Waals surface area contributed by atoms with Crippen LogP contribution in [0.1, 0.15) is 52.5 Å². The normalized spacial score (nSPS) is 16.8. The molecule has 2 rings (SSSR count). The SMILES string of the molecule is CCOc1cccc(C2(CC#N)CCN(C(=O)OC(C)(C)C)CC2)c1. The van der Waals surface area contributed by atoms with Crippen molar-refractivity contribution in [2.75, 3.05) is 19.7 Å². The maximum Gasteiger partial charge on any atom is 0.410 e. The standard InChI is InChI=1S/C20H28N2O3/c1-5-24-17-8-6-7-16(15-17)20(9-12-21)10-13-22(14-11-20)18(23)25-19(2,3)4/h6-8,15H,5,9-11,13-14H2,1-4H3. The number of amides is 1. The van der Waals surface area contributed by atoms with Gasteiger partial charge >= 0.3 is 6.09 Å². The van der Waals surface area contributed by atoms with E-state index in [4.69, 9.17) is 9.47 Å². The Morgan fingerprint density at radius 2 is 2.00 bits per heavy atom. The van der Waals surface area contributed by atoms with E-state index in [9.17, 15) is 10.1 Å². The van der Waals surface area contributed by atoms with Gasteiger partial charge < -0.3 is 14.4 Å². The van der Waals surface area contributed by atoms with Gasteiger partial charge in [0.25, 0.3) is 0 Å². The van der Waals surface area contributed by atoms with Gasteiger partial charge in [-0.1, -0.05) is 12.1 Å². The van der Waals surface area contributed by atoms with Crippen LogP contribution >= 0.6 is 0 Å². The van der Waals surface area contributed by atoms with Gasteiger partial charge in [-0.15, -0.1) is 0 Å². The van der Waals surface area contributed by atoms with Gasteiger partial charge in [-0.2, -0.15) is 5.26 Å². The molecule has 1 fully saturated rings. The van der Waals surface area contributed by atoms with Crippen molar-refractivity contribution in [1.82, 2.24) is 4.90 Å². The van der Waals surface area contributed by atoms with Crippen molar-refractivity contribution in [3.63, 3.8) is 0 Å². The first-order chi connectivity index (χ1) is 11.8. The largest absolute Gasteiger partial charge is 0.494 e. The van der Waals surface area contributed by atoms with Gasteiger partial charge in [0.2, 0.25) is 0 Å². The monoisotopic (exact) mass is 344 g/mol. The van der Waals surface area contributed by atoms with Crippen LogP contribution in [0.4, 0.5) is 4.79 Å². The van der Waals surface area contributed by atoms with Crippen LogP contribution in [0.2, 0.25) is 0 Å². The molecular formula is C20H28N2O3. The number of likely N-dealkylation sites (tertiary alicyclic amines) is 1. The summed E-state index contributed by atoms with van der Waals surface area (Å²) in [7, 11) is 0. The average Bonchev–Trinajstić information content (AvgIpc) is 2.55. The van der Waals surface area contributed by atoms with E-state index in [1.807, 2.05) is 45.9 Å². The molecule has 0 bridgehead atoms. The first kappa shape index (κ1) is 19.1. The zero-order chi connectivity index (χ0) is 18.5. The Labute approximate surface area is 150 Å². The predicted octanol–water partition coefficient (Wildman–Crippen LogP) is 4.27. The molecule has 0 aromatic heterocycles. The van der Waals surface area contributed by atoms with Crippen molar-refractivity contribution in [2.24, 2.45) is 0 Å². The Balaban J connectivity index is 2.14. The number of nitrogens with zero attached hydrogens (tertiary/aromatic N) is 2. The van der Waals surface area contributed by atoms with E-state index >= 15 is 0 Å². The van der Waals surface area contributed by atoms with Gasteiger partial charge in [0.05, 0.1) is 12.7 Å². The van der Waals surface area contributed by atoms with Gasteiger partial charge in [0.15, 0.2) is 0 Å². The molecule has 136 valence electrons. The molecule has 0 saturated carbocycles. The molecule has 0 spiro atoms. The maximum absolute atomic E-state index is 12.3. The lowest BCUT2D eigenvalue weighted by Gasteiger charge is -2.41. The number of hydrogen-bond acceptors (Lipinski definition) is 4. The number of piperidine rings is 1. The van der Waals surface area contributed by atoms with Crippen LogP contribution in [-0.2, 0) is 10.2 Å². The maximum atomic E-state index is 12.3. The van der Waals surface area contributed by atoms with Crippen LogP contribution in [0.25, 0.3) is 0 Å². The zero-order valence-corrected chi connectivity index (χ0v) is 15.7. The highest BCUT2D eigenvalue weighted by Crippen LogP contribution is 2.40. The van der Waals surface area contributed by atoms with Gasteiger partial charge in [-0.3, -0.25) is 0 Å². The fourth-order valence-corrected chi connectivity index (χ4v) is 3.25. The first-order valence-corrected chi connectivity index (χ1v) is 8.88. The second-order valence-corrected chi connectivity index (χ2v) is 7.54. The lowest BCUT2D eigenvalue weighted by Crippen LogP contribution is -2.46. The fraction of sp³-hybridized carbons (Fsp3) is 0.600. The van der Waals surface area contributed by atoms with E-state index in [1.54, 1.807) is 4.90 Å². The first-order valence-electron chi connectivity index (χ1n) is 8.88. The van der Waals surface area contributed by atoms with Crippen LogP contribution in [0.5, 0.6) is 5.75 Å². The minimum absolute atomic E-state index is 0.236. The molecule has 5 heteroatoms. The molecule has 0 N–H and O–H groups in total. The van der Waals surface area contributed by atoms with Crippen molar-refractivity contribution < 1.29 is 14.3 Å². The second kappa shape index (κ2) is 7.77. The molecule has 1 aliphatic rings. The third kappa shape index (κ3) is 4.88. The molecule has 0 radical (unpaired) electrons. The van der Waals surface area contributed by atoms with E-state index in [0.717, 1.165) is 24.2 Å². The van der Waals surface area contributed by atoms with Crippen LogP contribution in [0, 0.1) is 11.3 Å². The summed E-state index contributed by atoms with van der Waals surface area (Å²) in [5.41, 5.74) is 0.383. The Morgan fingerprint density at radius 1 is 1.32 bits per heavy atom. The van der Waals surface area contributed by atoms with E-state index < -0.39 is 5.60 Å². The smallest absolute Gasteiger partial charge is 0.410 e. The van der Waals surface area contributed by atoms with Crippen LogP contribution in [0.15, 0.2) is 24.3 Å². The number of ether oxygens (including phenoxy) is 2. The highest BCUT2D eigenvalue weighted by atomic mass is 16.6. The second-order valence-electron chi connectivity index (χ2n) is 7.54. The van der Waals surface area contributed by atoms with Gasteiger partial charge in [0, 0.05) is 24.9 Å². The zero-order valence-electron chi connectivity index (χ0n) is 15.7. The summed E-state index contributed by atoms with van der Waals surface area (Å²) < 4.78 is 11.1. The molecule has 1 amide bonds. The highest BCUT2D eigenvalue weighted by Gasteiger charge is 2.38. The van der Waals surface area contributed by atoms with Gasteiger partial charge in [-0.25, -0.2) is 4.79 Å². The van der Waals surface area contributed by atoms with Crippen LogP contribution in [-0.4, -0.2) is 36.3 Å². The molecule has 0 unspecified atom stereocenters. The number of benzene rings is 1. The summed E-state index contributed by atoms with van der Waals surface area (Å²) in [4.78, 5) is 14.0. The van der Waals surface area contributed by atoms with E-state index in [2.05, 4.69) is 12.1 Å². The molecule has 5 nitrogen and oxygen atoms in total. The van der Waals surface area contributed by atoms with E-state index in [-0.39, 0.29) is 11.5 Å². The predicted molar refractivity (Wildman–Crippen MR) is 96.6 cm³/mol. The van der Waals surface area contributed by atoms with Gasteiger partial charge in [0.1, 0.15) is 11.4 Å². The van der Waals surface area contributed by atoms with E-state index in [0.29, 0.717) is 26.1 Å². The fourth-order valence-electron chi connectivity index (χ4n) is 3.25. The van der Waals surface area contributed by atoms with Crippen molar-refractivity contribution in [3.05, 3.63) is 29.8 Å². The van der Waals surface area contributed by atoms with Crippen LogP contribution < -0.4 is 4.74 Å². The average molecular weight is 344 g/mol. The molecule has 1 aromatic rings. The number of carbonyl (C=O) groups excluding carboxylic acids is 1. The summed E-state index contributed by atoms with van der Waals surface area (Å²) >= 11 is 0. The quantitative estimate of drug-likeness (QED) is 0.818. The summed E-state index contributed by atoms with van der Waals surface area (Å²) in [5, 5.41) is 9.36. The van der Waals surface area contributed by atoms with E-state index in [1.165, 1.54) is 0 Å². The highest BCUT2D eigenvalue weighted by molar-refractivity contribution is 5.68. The molecule has 25 heavy (non-hydrogen) atoms. The van der Waals surface area contributed by atoms with Crippen molar-refractivity contribution in [2.45, 2.75) is 58.0 Å². The third-order valence-electron chi connectivity index (χ3n) is 4.55. The summed E-state index contributed by atoms with van der Waals surface area (Å²) in [6.45, 7) is 9.36. The lowest BCUT2D eigenvalue weighted by molar-refractivity contribution is 0.0165. The lowest BCUT2D eigenvalue weighted by atomic mass is 9.71. The Hall–Kier alpha value is -2.22. The Kier molecular flexibility index (Phi) is 5.94. The molecule has 0 atom stereocenters. The van der Waals surface area contributed by atoms with Crippen LogP contribution in [0.3, 0.4) is 0 Å². The van der Waals surface area contributed by atoms with Gasteiger partial charge in [-0.05, 0) is 58.2 Å². The molecular weight excluding hydrogens is 316 g/mol. The topological polar surface area (TPSA) is 62.6 Å². The Bertz CT molecular complexity index is 635. The Morgan fingerprint density at radius 3 is 2.56 bits per heavy atom. The summed E-state index contributed by atoms with van der Waals surface area (Å²) in [6, 6.07) is 10.3. The number of rotatable bonds is 4. The van der Waals surface area contributed by atoms with Crippen molar-refractivity contribution in [1.29, 1.82) is 5.26 Å². The van der Waals surface area contributed by atoms with Crippen molar-refractivity contribution in [3.8, 4) is 11.8 Å². The molecule has 1 aromatic carbocycles. The minimum atomic E-state index is -0.496. The minimum Gasteiger partial charge on any atom is -0.494 e. The summed E-state index contributed by atoms with van der Waals surface area (Å²) in [6.07, 6.45) is 1.65. The summed E-state index contributed by atoms with van der Waals surface area (Å²) in [5.74, 6) is 0.826. The third-order valence-corrected chi connectivity index (χ3v) is 4.55. The molecule has 0 aliphatic carbocycles. The van der Waals surface area contributed by atoms with Crippen molar-refractivity contribution >= 4 is 6.09 Å². The number of carbonyl (C=O) groups is 1.